The van der Waals surface area contributed by atoms with Gasteiger partial charge in [-0.2, -0.15) is 13.2 Å². The standard InChI is InChI=1S/C26H27F3N4O2S/c1-33(16-18-6-3-2-4-7-18)23-14-22(26(27,28)29)31-25(32-23)36-17-19-9-11-20(12-10-19)24(34)30-15-21-8-5-13-35-21/h2-4,6-7,9-12,14,21H,5,8,13,15-17H2,1H3,(H,30,34). The van der Waals surface area contributed by atoms with E-state index >= 15 is 0 Å². The van der Waals surface area contributed by atoms with Gasteiger partial charge >= 0.3 is 6.18 Å². The van der Waals surface area contributed by atoms with Crippen molar-refractivity contribution in [2.24, 2.45) is 0 Å². The van der Waals surface area contributed by atoms with Crippen molar-refractivity contribution < 1.29 is 22.7 Å². The molecule has 3 aromatic rings. The molecule has 36 heavy (non-hydrogen) atoms. The van der Waals surface area contributed by atoms with E-state index in [1.54, 1.807) is 36.2 Å². The van der Waals surface area contributed by atoms with Crippen molar-refractivity contribution in [2.75, 3.05) is 25.1 Å². The predicted octanol–water partition coefficient (Wildman–Crippen LogP) is 5.33. The summed E-state index contributed by atoms with van der Waals surface area (Å²) in [6, 6.07) is 17.4. The highest BCUT2D eigenvalue weighted by Crippen LogP contribution is 2.32. The topological polar surface area (TPSA) is 67.4 Å². The zero-order valence-electron chi connectivity index (χ0n) is 19.8. The van der Waals surface area contributed by atoms with Crippen molar-refractivity contribution in [2.45, 2.75) is 42.6 Å². The molecular formula is C26H27F3N4O2S. The number of anilines is 1. The lowest BCUT2D eigenvalue weighted by atomic mass is 10.1. The molecular weight excluding hydrogens is 489 g/mol. The average Bonchev–Trinajstić information content (AvgIpc) is 3.40. The smallest absolute Gasteiger partial charge is 0.376 e. The van der Waals surface area contributed by atoms with Crippen LogP contribution in [0.4, 0.5) is 19.0 Å². The number of benzene rings is 2. The minimum Gasteiger partial charge on any atom is -0.376 e. The number of nitrogens with one attached hydrogen (secondary N) is 1. The molecule has 190 valence electrons. The summed E-state index contributed by atoms with van der Waals surface area (Å²) in [7, 11) is 1.70. The van der Waals surface area contributed by atoms with Crippen molar-refractivity contribution in [1.82, 2.24) is 15.3 Å². The second-order valence-electron chi connectivity index (χ2n) is 8.56. The van der Waals surface area contributed by atoms with Gasteiger partial charge in [-0.05, 0) is 36.1 Å². The first kappa shape index (κ1) is 26.0. The van der Waals surface area contributed by atoms with E-state index in [1.807, 2.05) is 30.3 Å². The Morgan fingerprint density at radius 2 is 1.86 bits per heavy atom. The molecule has 1 saturated heterocycles. The molecule has 0 spiro atoms. The number of thioether (sulfide) groups is 1. The third-order valence-corrected chi connectivity index (χ3v) is 6.65. The Labute approximate surface area is 212 Å². The van der Waals surface area contributed by atoms with Gasteiger partial charge in [0.1, 0.15) is 5.82 Å². The zero-order chi connectivity index (χ0) is 25.5. The van der Waals surface area contributed by atoms with Gasteiger partial charge < -0.3 is 15.0 Å². The molecule has 0 saturated carbocycles. The summed E-state index contributed by atoms with van der Waals surface area (Å²) < 4.78 is 46.1. The number of hydrogen-bond acceptors (Lipinski definition) is 6. The monoisotopic (exact) mass is 516 g/mol. The summed E-state index contributed by atoms with van der Waals surface area (Å²) >= 11 is 1.12. The molecule has 2 aromatic carbocycles. The summed E-state index contributed by atoms with van der Waals surface area (Å²) in [5.74, 6) is 0.375. The fourth-order valence-corrected chi connectivity index (χ4v) is 4.58. The number of ether oxygens (including phenoxy) is 1. The number of carbonyl (C=O) groups is 1. The maximum atomic E-state index is 13.5. The first-order chi connectivity index (χ1) is 17.3. The van der Waals surface area contributed by atoms with Crippen LogP contribution in [0.25, 0.3) is 0 Å². The molecule has 1 amide bonds. The number of alkyl halides is 3. The molecule has 2 heterocycles. The Bertz CT molecular complexity index is 1150. The van der Waals surface area contributed by atoms with E-state index in [0.717, 1.165) is 48.4 Å². The first-order valence-corrected chi connectivity index (χ1v) is 12.6. The number of nitrogens with zero attached hydrogens (tertiary/aromatic N) is 3. The van der Waals surface area contributed by atoms with Gasteiger partial charge in [-0.1, -0.05) is 54.2 Å². The molecule has 1 unspecified atom stereocenters. The van der Waals surface area contributed by atoms with Gasteiger partial charge in [0.05, 0.1) is 6.10 Å². The average molecular weight is 517 g/mol. The van der Waals surface area contributed by atoms with Crippen LogP contribution in [0, 0.1) is 0 Å². The molecule has 10 heteroatoms. The maximum absolute atomic E-state index is 13.5. The molecule has 1 atom stereocenters. The lowest BCUT2D eigenvalue weighted by Crippen LogP contribution is -2.31. The molecule has 1 aliphatic heterocycles. The van der Waals surface area contributed by atoms with E-state index in [4.69, 9.17) is 4.74 Å². The van der Waals surface area contributed by atoms with Crippen LogP contribution in [0.2, 0.25) is 0 Å². The molecule has 1 aliphatic rings. The lowest BCUT2D eigenvalue weighted by Gasteiger charge is -2.20. The summed E-state index contributed by atoms with van der Waals surface area (Å²) in [5.41, 5.74) is 1.34. The molecule has 1 N–H and O–H groups in total. The van der Waals surface area contributed by atoms with Crippen LogP contribution < -0.4 is 10.2 Å². The van der Waals surface area contributed by atoms with Crippen molar-refractivity contribution >= 4 is 23.5 Å². The summed E-state index contributed by atoms with van der Waals surface area (Å²) in [4.78, 5) is 22.1. The number of rotatable bonds is 9. The molecule has 1 aromatic heterocycles. The van der Waals surface area contributed by atoms with Gasteiger partial charge in [0.2, 0.25) is 0 Å². The predicted molar refractivity (Wildman–Crippen MR) is 133 cm³/mol. The number of hydrogen-bond donors (Lipinski definition) is 1. The Morgan fingerprint density at radius 1 is 1.11 bits per heavy atom. The van der Waals surface area contributed by atoms with Gasteiger partial charge in [0.25, 0.3) is 5.91 Å². The van der Waals surface area contributed by atoms with Crippen LogP contribution in [0.1, 0.15) is 40.0 Å². The highest BCUT2D eigenvalue weighted by atomic mass is 32.2. The van der Waals surface area contributed by atoms with Crippen molar-refractivity contribution in [1.29, 1.82) is 0 Å². The number of halogens is 3. The first-order valence-electron chi connectivity index (χ1n) is 11.6. The van der Waals surface area contributed by atoms with E-state index in [0.29, 0.717) is 24.4 Å². The quantitative estimate of drug-likeness (QED) is 0.306. The lowest BCUT2D eigenvalue weighted by molar-refractivity contribution is -0.141. The zero-order valence-corrected chi connectivity index (χ0v) is 20.6. The minimum absolute atomic E-state index is 0.0399. The van der Waals surface area contributed by atoms with E-state index in [2.05, 4.69) is 15.3 Å². The van der Waals surface area contributed by atoms with Gasteiger partial charge in [0, 0.05) is 44.1 Å². The highest BCUT2D eigenvalue weighted by molar-refractivity contribution is 7.98. The van der Waals surface area contributed by atoms with Gasteiger partial charge in [0.15, 0.2) is 10.9 Å². The fourth-order valence-electron chi connectivity index (χ4n) is 3.77. The molecule has 0 radical (unpaired) electrons. The van der Waals surface area contributed by atoms with Crippen LogP contribution in [-0.2, 0) is 23.2 Å². The van der Waals surface area contributed by atoms with E-state index < -0.39 is 11.9 Å². The second kappa shape index (κ2) is 11.7. The molecule has 4 rings (SSSR count). The normalized spacial score (nSPS) is 15.6. The van der Waals surface area contributed by atoms with Gasteiger partial charge in [-0.25, -0.2) is 9.97 Å². The number of aromatic nitrogens is 2. The SMILES string of the molecule is CN(Cc1ccccc1)c1cc(C(F)(F)F)nc(SCc2ccc(C(=O)NCC3CCCO3)cc2)n1. The summed E-state index contributed by atoms with van der Waals surface area (Å²) in [5, 5.41) is 2.91. The summed E-state index contributed by atoms with van der Waals surface area (Å²) in [6.45, 7) is 1.62. The molecule has 1 fully saturated rings. The van der Waals surface area contributed by atoms with Crippen LogP contribution in [0.3, 0.4) is 0 Å². The Morgan fingerprint density at radius 3 is 2.53 bits per heavy atom. The molecule has 0 aliphatic carbocycles. The number of carbonyl (C=O) groups excluding carboxylic acids is 1. The fraction of sp³-hybridized carbons (Fsp3) is 0.346. The number of amides is 1. The molecule has 0 bridgehead atoms. The minimum atomic E-state index is -4.58. The maximum Gasteiger partial charge on any atom is 0.433 e. The van der Waals surface area contributed by atoms with Crippen LogP contribution >= 0.6 is 11.8 Å². The molecule has 6 nitrogen and oxygen atoms in total. The van der Waals surface area contributed by atoms with Crippen molar-refractivity contribution in [3.63, 3.8) is 0 Å². The van der Waals surface area contributed by atoms with Crippen LogP contribution in [0.5, 0.6) is 0 Å². The van der Waals surface area contributed by atoms with Crippen LogP contribution in [-0.4, -0.2) is 42.2 Å². The Hall–Kier alpha value is -3.11. The van der Waals surface area contributed by atoms with Gasteiger partial charge in [-0.15, -0.1) is 0 Å². The second-order valence-corrected chi connectivity index (χ2v) is 9.51. The van der Waals surface area contributed by atoms with E-state index in [1.165, 1.54) is 0 Å². The third-order valence-electron chi connectivity index (χ3n) is 5.73. The van der Waals surface area contributed by atoms with Crippen molar-refractivity contribution in [3.05, 3.63) is 83.0 Å². The van der Waals surface area contributed by atoms with Crippen LogP contribution in [0.15, 0.2) is 65.8 Å². The van der Waals surface area contributed by atoms with Crippen molar-refractivity contribution in [3.8, 4) is 0 Å². The summed E-state index contributed by atoms with van der Waals surface area (Å²) in [6.07, 6.45) is -2.57. The largest absolute Gasteiger partial charge is 0.433 e. The highest BCUT2D eigenvalue weighted by Gasteiger charge is 2.34. The third kappa shape index (κ3) is 7.20. The Kier molecular flexibility index (Phi) is 8.48. The Balaban J connectivity index is 1.40. The van der Waals surface area contributed by atoms with E-state index in [-0.39, 0.29) is 23.0 Å². The van der Waals surface area contributed by atoms with E-state index in [9.17, 15) is 18.0 Å². The van der Waals surface area contributed by atoms with Gasteiger partial charge in [-0.3, -0.25) is 4.79 Å².